The molecule has 1 fully saturated rings. The van der Waals surface area contributed by atoms with Gasteiger partial charge >= 0.3 is 0 Å². The highest BCUT2D eigenvalue weighted by Crippen LogP contribution is 2.29. The summed E-state index contributed by atoms with van der Waals surface area (Å²) in [5.74, 6) is 0.0915. The minimum atomic E-state index is -0.0607. The number of carbonyl (C=O) groups excluding carboxylic acids is 1. The van der Waals surface area contributed by atoms with Crippen molar-refractivity contribution >= 4 is 22.5 Å². The number of rotatable bonds is 1. The minimum Gasteiger partial charge on any atom is -0.326 e. The van der Waals surface area contributed by atoms with Crippen molar-refractivity contribution in [2.24, 2.45) is 12.8 Å². The van der Waals surface area contributed by atoms with Crippen LogP contribution < -0.4 is 10.6 Å². The minimum absolute atomic E-state index is 0.0607. The molecule has 0 spiro atoms. The summed E-state index contributed by atoms with van der Waals surface area (Å²) in [6, 6.07) is 5.82. The summed E-state index contributed by atoms with van der Waals surface area (Å²) in [6.07, 6.45) is 2.22. The second-order valence-electron chi connectivity index (χ2n) is 4.45. The second-order valence-corrected chi connectivity index (χ2v) is 4.45. The number of nitrogens with zero attached hydrogens (tertiary/aromatic N) is 3. The molecule has 0 aliphatic carbocycles. The van der Waals surface area contributed by atoms with Crippen molar-refractivity contribution in [2.75, 3.05) is 11.4 Å². The van der Waals surface area contributed by atoms with Crippen molar-refractivity contribution in [3.63, 3.8) is 0 Å². The van der Waals surface area contributed by atoms with Gasteiger partial charge in [-0.3, -0.25) is 9.48 Å². The molecule has 88 valence electrons. The smallest absolute Gasteiger partial charge is 0.228 e. The van der Waals surface area contributed by atoms with Gasteiger partial charge in [0.2, 0.25) is 5.91 Å². The van der Waals surface area contributed by atoms with Crippen LogP contribution in [0, 0.1) is 0 Å². The van der Waals surface area contributed by atoms with Crippen molar-refractivity contribution in [1.82, 2.24) is 9.78 Å². The number of fused-ring (bicyclic) bond motifs is 1. The SMILES string of the molecule is Cn1ncc2c(N3CC(N)CC3=O)cccc21. The van der Waals surface area contributed by atoms with Crippen molar-refractivity contribution in [3.05, 3.63) is 24.4 Å². The summed E-state index contributed by atoms with van der Waals surface area (Å²) in [6.45, 7) is 0.590. The summed E-state index contributed by atoms with van der Waals surface area (Å²) in [4.78, 5) is 13.6. The Bertz CT molecular complexity index is 589. The number of benzene rings is 1. The van der Waals surface area contributed by atoms with Crippen LogP contribution in [-0.2, 0) is 11.8 Å². The number of aryl methyl sites for hydroxylation is 1. The topological polar surface area (TPSA) is 64.2 Å². The highest BCUT2D eigenvalue weighted by Gasteiger charge is 2.29. The van der Waals surface area contributed by atoms with E-state index in [0.29, 0.717) is 13.0 Å². The van der Waals surface area contributed by atoms with Gasteiger partial charge in [0.25, 0.3) is 0 Å². The highest BCUT2D eigenvalue weighted by molar-refractivity contribution is 6.04. The first-order valence-electron chi connectivity index (χ1n) is 5.63. The lowest BCUT2D eigenvalue weighted by Gasteiger charge is -2.16. The van der Waals surface area contributed by atoms with Crippen LogP contribution in [0.1, 0.15) is 6.42 Å². The van der Waals surface area contributed by atoms with Crippen molar-refractivity contribution in [3.8, 4) is 0 Å². The standard InChI is InChI=1S/C12H14N4O/c1-15-10-3-2-4-11(9(10)6-14-15)16-7-8(13)5-12(16)17/h2-4,6,8H,5,7,13H2,1H3. The van der Waals surface area contributed by atoms with Crippen molar-refractivity contribution < 1.29 is 4.79 Å². The maximum absolute atomic E-state index is 11.9. The maximum Gasteiger partial charge on any atom is 0.228 e. The van der Waals surface area contributed by atoms with Crippen LogP contribution in [0.5, 0.6) is 0 Å². The van der Waals surface area contributed by atoms with Crippen molar-refractivity contribution in [1.29, 1.82) is 0 Å². The zero-order valence-electron chi connectivity index (χ0n) is 9.63. The normalized spacial score (nSPS) is 20.5. The molecule has 1 unspecified atom stereocenters. The number of aromatic nitrogens is 2. The molecule has 5 nitrogen and oxygen atoms in total. The summed E-state index contributed by atoms with van der Waals surface area (Å²) in [7, 11) is 1.89. The van der Waals surface area contributed by atoms with Gasteiger partial charge in [-0.05, 0) is 12.1 Å². The van der Waals surface area contributed by atoms with E-state index in [9.17, 15) is 4.79 Å². The largest absolute Gasteiger partial charge is 0.326 e. The number of anilines is 1. The maximum atomic E-state index is 11.9. The lowest BCUT2D eigenvalue weighted by molar-refractivity contribution is -0.117. The van der Waals surface area contributed by atoms with E-state index in [0.717, 1.165) is 16.6 Å². The molecule has 1 amide bonds. The van der Waals surface area contributed by atoms with Crippen LogP contribution in [0.15, 0.2) is 24.4 Å². The molecule has 0 bridgehead atoms. The Morgan fingerprint density at radius 3 is 3.00 bits per heavy atom. The van der Waals surface area contributed by atoms with Crippen LogP contribution in [0.25, 0.3) is 10.9 Å². The van der Waals surface area contributed by atoms with Gasteiger partial charge in [-0.1, -0.05) is 6.07 Å². The summed E-state index contributed by atoms with van der Waals surface area (Å²) >= 11 is 0. The first-order valence-corrected chi connectivity index (χ1v) is 5.63. The van der Waals surface area contributed by atoms with Gasteiger partial charge in [-0.15, -0.1) is 0 Å². The number of hydrogen-bond donors (Lipinski definition) is 1. The molecular formula is C12H14N4O. The van der Waals surface area contributed by atoms with Crippen LogP contribution >= 0.6 is 0 Å². The average Bonchev–Trinajstić information content (AvgIpc) is 2.83. The molecule has 1 atom stereocenters. The number of hydrogen-bond acceptors (Lipinski definition) is 3. The highest BCUT2D eigenvalue weighted by atomic mass is 16.2. The van der Waals surface area contributed by atoms with E-state index in [4.69, 9.17) is 5.73 Å². The van der Waals surface area contributed by atoms with E-state index >= 15 is 0 Å². The predicted molar refractivity (Wildman–Crippen MR) is 65.7 cm³/mol. The van der Waals surface area contributed by atoms with E-state index in [-0.39, 0.29) is 11.9 Å². The lowest BCUT2D eigenvalue weighted by Crippen LogP contribution is -2.28. The van der Waals surface area contributed by atoms with Crippen LogP contribution in [-0.4, -0.2) is 28.3 Å². The molecule has 1 aromatic heterocycles. The fraction of sp³-hybridized carbons (Fsp3) is 0.333. The predicted octanol–water partition coefficient (Wildman–Crippen LogP) is 0.637. The summed E-state index contributed by atoms with van der Waals surface area (Å²) in [5, 5.41) is 5.22. The molecule has 2 heterocycles. The second kappa shape index (κ2) is 3.56. The van der Waals surface area contributed by atoms with Gasteiger partial charge in [0.1, 0.15) is 0 Å². The summed E-state index contributed by atoms with van der Waals surface area (Å²) in [5.41, 5.74) is 7.75. The molecule has 2 aromatic rings. The molecule has 3 rings (SSSR count). The average molecular weight is 230 g/mol. The third kappa shape index (κ3) is 1.51. The summed E-state index contributed by atoms with van der Waals surface area (Å²) < 4.78 is 1.80. The Kier molecular flexibility index (Phi) is 2.16. The molecule has 1 saturated heterocycles. The van der Waals surface area contributed by atoms with Crippen LogP contribution in [0.3, 0.4) is 0 Å². The zero-order chi connectivity index (χ0) is 12.0. The Labute approximate surface area is 98.8 Å². The molecule has 0 saturated carbocycles. The van der Waals surface area contributed by atoms with Crippen molar-refractivity contribution in [2.45, 2.75) is 12.5 Å². The molecule has 5 heteroatoms. The number of nitrogens with two attached hydrogens (primary N) is 1. The molecule has 1 aliphatic rings. The van der Waals surface area contributed by atoms with Gasteiger partial charge in [-0.25, -0.2) is 0 Å². The molecular weight excluding hydrogens is 216 g/mol. The third-order valence-electron chi connectivity index (χ3n) is 3.21. The molecule has 0 radical (unpaired) electrons. The van der Waals surface area contributed by atoms with E-state index in [2.05, 4.69) is 5.10 Å². The number of amides is 1. The first-order chi connectivity index (χ1) is 8.16. The van der Waals surface area contributed by atoms with Gasteiger partial charge in [0.15, 0.2) is 0 Å². The Morgan fingerprint density at radius 1 is 1.47 bits per heavy atom. The monoisotopic (exact) mass is 230 g/mol. The molecule has 17 heavy (non-hydrogen) atoms. The fourth-order valence-electron chi connectivity index (χ4n) is 2.37. The van der Waals surface area contributed by atoms with Gasteiger partial charge in [-0.2, -0.15) is 5.10 Å². The van der Waals surface area contributed by atoms with E-state index < -0.39 is 0 Å². The fourth-order valence-corrected chi connectivity index (χ4v) is 2.37. The zero-order valence-corrected chi connectivity index (χ0v) is 9.63. The molecule has 1 aliphatic heterocycles. The van der Waals surface area contributed by atoms with E-state index in [1.54, 1.807) is 15.8 Å². The van der Waals surface area contributed by atoms with E-state index in [1.807, 2.05) is 25.2 Å². The first kappa shape index (κ1) is 10.3. The quantitative estimate of drug-likeness (QED) is 0.781. The van der Waals surface area contributed by atoms with Gasteiger partial charge in [0, 0.05) is 31.4 Å². The van der Waals surface area contributed by atoms with Crippen LogP contribution in [0.4, 0.5) is 5.69 Å². The Morgan fingerprint density at radius 2 is 2.29 bits per heavy atom. The van der Waals surface area contributed by atoms with Crippen LogP contribution in [0.2, 0.25) is 0 Å². The van der Waals surface area contributed by atoms with Gasteiger partial charge < -0.3 is 10.6 Å². The van der Waals surface area contributed by atoms with E-state index in [1.165, 1.54) is 0 Å². The number of carbonyl (C=O) groups is 1. The Balaban J connectivity index is 2.14. The Hall–Kier alpha value is -1.88. The molecule has 2 N–H and O–H groups in total. The lowest BCUT2D eigenvalue weighted by atomic mass is 10.2. The molecule has 1 aromatic carbocycles. The third-order valence-corrected chi connectivity index (χ3v) is 3.21. The van der Waals surface area contributed by atoms with Gasteiger partial charge in [0.05, 0.1) is 17.4 Å².